The molecule has 2 aromatic rings. The molecule has 7 nitrogen and oxygen atoms in total. The smallest absolute Gasteiger partial charge is 0.271 e. The molecule has 0 fully saturated rings. The van der Waals surface area contributed by atoms with Crippen LogP contribution in [0.4, 0.5) is 0 Å². The lowest BCUT2D eigenvalue weighted by Crippen LogP contribution is -2.17. The van der Waals surface area contributed by atoms with Gasteiger partial charge in [-0.3, -0.25) is 4.79 Å². The summed E-state index contributed by atoms with van der Waals surface area (Å²) in [6, 6.07) is 10.7. The van der Waals surface area contributed by atoms with Gasteiger partial charge in [0.2, 0.25) is 0 Å². The first kappa shape index (κ1) is 17.0. The van der Waals surface area contributed by atoms with Gasteiger partial charge in [0.1, 0.15) is 5.75 Å². The van der Waals surface area contributed by atoms with Crippen LogP contribution in [0.5, 0.6) is 17.2 Å². The number of amides is 1. The quantitative estimate of drug-likeness (QED) is 0.577. The van der Waals surface area contributed by atoms with E-state index in [1.807, 2.05) is 0 Å². The molecule has 2 aromatic carbocycles. The molecule has 0 saturated heterocycles. The van der Waals surface area contributed by atoms with Gasteiger partial charge in [-0.25, -0.2) is 5.43 Å². The highest BCUT2D eigenvalue weighted by Gasteiger charge is 2.06. The summed E-state index contributed by atoms with van der Waals surface area (Å²) in [6.45, 7) is 0. The number of carbonyl (C=O) groups excluding carboxylic acids is 1. The molecule has 0 aromatic heterocycles. The van der Waals surface area contributed by atoms with E-state index in [0.29, 0.717) is 16.9 Å². The van der Waals surface area contributed by atoms with Gasteiger partial charge in [0.25, 0.3) is 5.91 Å². The Kier molecular flexibility index (Phi) is 5.91. The third-order valence-corrected chi connectivity index (χ3v) is 2.75. The molecule has 0 aliphatic rings. The van der Waals surface area contributed by atoms with Gasteiger partial charge in [0, 0.05) is 11.1 Å². The van der Waals surface area contributed by atoms with Crippen molar-refractivity contribution in [3.8, 4) is 17.2 Å². The first-order valence-electron chi connectivity index (χ1n) is 6.10. The molecule has 22 heavy (non-hydrogen) atoms. The Hall–Kier alpha value is -3.06. The lowest BCUT2D eigenvalue weighted by Gasteiger charge is -2.05. The molecule has 0 atom stereocenters. The average molecular weight is 304 g/mol. The number of methoxy groups -OCH3 is 1. The van der Waals surface area contributed by atoms with Gasteiger partial charge in [-0.2, -0.15) is 5.10 Å². The number of para-hydroxylation sites is 1. The molecule has 0 unspecified atom stereocenters. The molecule has 0 spiro atoms. The van der Waals surface area contributed by atoms with Crippen molar-refractivity contribution in [1.29, 1.82) is 0 Å². The van der Waals surface area contributed by atoms with E-state index < -0.39 is 5.91 Å². The summed E-state index contributed by atoms with van der Waals surface area (Å²) in [5, 5.41) is 22.8. The van der Waals surface area contributed by atoms with Gasteiger partial charge in [-0.15, -0.1) is 0 Å². The second kappa shape index (κ2) is 7.65. The zero-order chi connectivity index (χ0) is 15.2. The Bertz CT molecular complexity index is 668. The zero-order valence-electron chi connectivity index (χ0n) is 11.8. The first-order valence-corrected chi connectivity index (χ1v) is 6.10. The van der Waals surface area contributed by atoms with Crippen molar-refractivity contribution in [2.75, 3.05) is 7.11 Å². The van der Waals surface area contributed by atoms with E-state index >= 15 is 0 Å². The highest BCUT2D eigenvalue weighted by atomic mass is 16.5. The first-order chi connectivity index (χ1) is 10.1. The normalized spacial score (nSPS) is 10.0. The number of ether oxygens (including phenoxy) is 1. The molecule has 0 radical (unpaired) electrons. The van der Waals surface area contributed by atoms with Crippen molar-refractivity contribution in [2.45, 2.75) is 0 Å². The van der Waals surface area contributed by atoms with Crippen molar-refractivity contribution in [1.82, 2.24) is 5.43 Å². The van der Waals surface area contributed by atoms with Gasteiger partial charge >= 0.3 is 0 Å². The molecule has 0 heterocycles. The van der Waals surface area contributed by atoms with Crippen molar-refractivity contribution < 1.29 is 25.2 Å². The number of aromatic hydroxyl groups is 2. The SMILES string of the molecule is COc1cccc(/C=N/NC(=O)c2ccc(O)cc2)c1O.O. The number of benzene rings is 2. The number of hydrazone groups is 1. The van der Waals surface area contributed by atoms with Crippen LogP contribution in [0.1, 0.15) is 15.9 Å². The Morgan fingerprint density at radius 3 is 2.50 bits per heavy atom. The molecule has 7 heteroatoms. The maximum absolute atomic E-state index is 11.8. The summed E-state index contributed by atoms with van der Waals surface area (Å²) in [6.07, 6.45) is 1.32. The van der Waals surface area contributed by atoms with E-state index in [4.69, 9.17) is 9.84 Å². The largest absolute Gasteiger partial charge is 0.508 e. The Morgan fingerprint density at radius 1 is 1.18 bits per heavy atom. The third-order valence-electron chi connectivity index (χ3n) is 2.75. The van der Waals surface area contributed by atoms with Crippen molar-refractivity contribution in [3.63, 3.8) is 0 Å². The van der Waals surface area contributed by atoms with E-state index in [0.717, 1.165) is 0 Å². The van der Waals surface area contributed by atoms with Crippen LogP contribution in [0.2, 0.25) is 0 Å². The molecule has 0 aliphatic carbocycles. The Morgan fingerprint density at radius 2 is 1.86 bits per heavy atom. The predicted octanol–water partition coefficient (Wildman–Crippen LogP) is 1.05. The minimum Gasteiger partial charge on any atom is -0.508 e. The molecule has 5 N–H and O–H groups in total. The standard InChI is InChI=1S/C15H14N2O4.H2O/c1-21-13-4-2-3-11(14(13)19)9-16-17-15(20)10-5-7-12(18)8-6-10;/h2-9,18-19H,1H3,(H,17,20);1H2/b16-9+;. The number of phenolic OH excluding ortho intramolecular Hbond substituents is 2. The number of hydrogen-bond acceptors (Lipinski definition) is 5. The molecular formula is C15H16N2O5. The van der Waals surface area contributed by atoms with Crippen LogP contribution in [0, 0.1) is 0 Å². The zero-order valence-corrected chi connectivity index (χ0v) is 11.8. The van der Waals surface area contributed by atoms with E-state index in [1.54, 1.807) is 18.2 Å². The van der Waals surface area contributed by atoms with E-state index in [1.165, 1.54) is 37.6 Å². The van der Waals surface area contributed by atoms with Crippen molar-refractivity contribution >= 4 is 12.1 Å². The summed E-state index contributed by atoms with van der Waals surface area (Å²) in [7, 11) is 1.45. The number of carbonyl (C=O) groups is 1. The topological polar surface area (TPSA) is 123 Å². The molecule has 0 saturated carbocycles. The fraction of sp³-hybridized carbons (Fsp3) is 0.0667. The van der Waals surface area contributed by atoms with E-state index in [-0.39, 0.29) is 17.0 Å². The summed E-state index contributed by atoms with van der Waals surface area (Å²) in [4.78, 5) is 11.8. The van der Waals surface area contributed by atoms with Gasteiger partial charge in [-0.05, 0) is 36.4 Å². The third kappa shape index (κ3) is 3.97. The second-order valence-electron chi connectivity index (χ2n) is 4.14. The predicted molar refractivity (Wildman–Crippen MR) is 81.4 cm³/mol. The molecule has 1 amide bonds. The number of nitrogens with one attached hydrogen (secondary N) is 1. The lowest BCUT2D eigenvalue weighted by atomic mass is 10.2. The summed E-state index contributed by atoms with van der Waals surface area (Å²) in [5.74, 6) is -0.0727. The number of hydrogen-bond donors (Lipinski definition) is 3. The Labute approximate surface area is 126 Å². The number of phenols is 2. The highest BCUT2D eigenvalue weighted by molar-refractivity contribution is 5.95. The van der Waals surface area contributed by atoms with Crippen LogP contribution in [0.15, 0.2) is 47.6 Å². The van der Waals surface area contributed by atoms with Crippen LogP contribution < -0.4 is 10.2 Å². The maximum Gasteiger partial charge on any atom is 0.271 e. The van der Waals surface area contributed by atoms with E-state index in [2.05, 4.69) is 10.5 Å². The minimum absolute atomic E-state index is 0. The van der Waals surface area contributed by atoms with Crippen LogP contribution >= 0.6 is 0 Å². The molecule has 2 rings (SSSR count). The number of rotatable bonds is 4. The number of nitrogens with zero attached hydrogens (tertiary/aromatic N) is 1. The summed E-state index contributed by atoms with van der Waals surface area (Å²) < 4.78 is 4.97. The van der Waals surface area contributed by atoms with Gasteiger partial charge < -0.3 is 20.4 Å². The van der Waals surface area contributed by atoms with Gasteiger partial charge in [-0.1, -0.05) is 6.07 Å². The highest BCUT2D eigenvalue weighted by Crippen LogP contribution is 2.27. The molecule has 0 bridgehead atoms. The molecule has 0 aliphatic heterocycles. The lowest BCUT2D eigenvalue weighted by molar-refractivity contribution is 0.0955. The average Bonchev–Trinajstić information content (AvgIpc) is 2.49. The molecule has 116 valence electrons. The van der Waals surface area contributed by atoms with Crippen LogP contribution in [-0.2, 0) is 0 Å². The fourth-order valence-electron chi connectivity index (χ4n) is 1.65. The Balaban J connectivity index is 0.00000242. The van der Waals surface area contributed by atoms with Crippen LogP contribution in [0.3, 0.4) is 0 Å². The van der Waals surface area contributed by atoms with Crippen LogP contribution in [0.25, 0.3) is 0 Å². The summed E-state index contributed by atoms with van der Waals surface area (Å²) in [5.41, 5.74) is 3.11. The van der Waals surface area contributed by atoms with Crippen molar-refractivity contribution in [2.24, 2.45) is 5.10 Å². The van der Waals surface area contributed by atoms with E-state index in [9.17, 15) is 9.90 Å². The fourth-order valence-corrected chi connectivity index (χ4v) is 1.65. The summed E-state index contributed by atoms with van der Waals surface area (Å²) >= 11 is 0. The minimum atomic E-state index is -0.423. The van der Waals surface area contributed by atoms with Gasteiger partial charge in [0.05, 0.1) is 13.3 Å². The maximum atomic E-state index is 11.8. The molecular weight excluding hydrogens is 288 g/mol. The van der Waals surface area contributed by atoms with Gasteiger partial charge in [0.15, 0.2) is 11.5 Å². The monoisotopic (exact) mass is 304 g/mol. The second-order valence-corrected chi connectivity index (χ2v) is 4.14. The van der Waals surface area contributed by atoms with Crippen LogP contribution in [-0.4, -0.2) is 34.9 Å². The van der Waals surface area contributed by atoms with Crippen molar-refractivity contribution in [3.05, 3.63) is 53.6 Å².